The van der Waals surface area contributed by atoms with Gasteiger partial charge in [0.25, 0.3) is 21.8 Å². The first-order valence-corrected chi connectivity index (χ1v) is 28.6. The first kappa shape index (κ1) is 53.1. The number of nitrogens with one attached hydrogen (secondary N) is 3. The van der Waals surface area contributed by atoms with Crippen LogP contribution in [0.2, 0.25) is 0 Å². The highest BCUT2D eigenvalue weighted by molar-refractivity contribution is 7.90. The van der Waals surface area contributed by atoms with Gasteiger partial charge in [-0.15, -0.1) is 0 Å². The number of hydrogen-bond acceptors (Lipinski definition) is 15. The molecule has 0 bridgehead atoms. The Balaban J connectivity index is 0.818. The number of methoxy groups -OCH3 is 2. The van der Waals surface area contributed by atoms with Crippen molar-refractivity contribution in [3.63, 3.8) is 0 Å². The van der Waals surface area contributed by atoms with Gasteiger partial charge >= 0.3 is 5.69 Å². The van der Waals surface area contributed by atoms with E-state index in [1.165, 1.54) is 35.9 Å². The second kappa shape index (κ2) is 21.1. The van der Waals surface area contributed by atoms with Crippen molar-refractivity contribution in [2.24, 2.45) is 17.3 Å². The summed E-state index contributed by atoms with van der Waals surface area (Å²) >= 11 is 0. The number of benzene rings is 3. The quantitative estimate of drug-likeness (QED) is 0.0494. The summed E-state index contributed by atoms with van der Waals surface area (Å²) in [7, 11) is -1.67. The zero-order valence-corrected chi connectivity index (χ0v) is 45.5. The van der Waals surface area contributed by atoms with Gasteiger partial charge in [-0.1, -0.05) is 50.2 Å². The summed E-state index contributed by atoms with van der Waals surface area (Å²) in [5.41, 5.74) is 3.76. The molecule has 3 aliphatic carbocycles. The van der Waals surface area contributed by atoms with Gasteiger partial charge < -0.3 is 34.5 Å². The Kier molecular flexibility index (Phi) is 14.4. The van der Waals surface area contributed by atoms with E-state index in [1.54, 1.807) is 26.2 Å². The van der Waals surface area contributed by atoms with Crippen LogP contribution in [0, 0.1) is 33.2 Å². The Morgan fingerprint density at radius 1 is 0.987 bits per heavy atom. The topological polar surface area (TPSA) is 218 Å². The molecule has 3 aromatic carbocycles. The summed E-state index contributed by atoms with van der Waals surface area (Å²) in [5.74, 6) is 0.00723. The molecule has 2 saturated heterocycles. The molecule has 11 rings (SSSR count). The number of piperidine rings is 1. The monoisotopic (exact) mass is 1090 g/mol. The van der Waals surface area contributed by atoms with Gasteiger partial charge in [0, 0.05) is 87.5 Å². The van der Waals surface area contributed by atoms with Crippen LogP contribution in [0.1, 0.15) is 111 Å². The van der Waals surface area contributed by atoms with Crippen LogP contribution in [0.4, 0.5) is 21.6 Å². The van der Waals surface area contributed by atoms with Crippen LogP contribution in [0.25, 0.3) is 11.0 Å². The van der Waals surface area contributed by atoms with Crippen LogP contribution in [0.5, 0.6) is 23.1 Å². The smallest absolute Gasteiger partial charge is 0.312 e. The lowest BCUT2D eigenvalue weighted by molar-refractivity contribution is -0.384. The van der Waals surface area contributed by atoms with E-state index in [0.29, 0.717) is 50.1 Å². The largest absolute Gasteiger partial charge is 0.497 e. The second-order valence-electron chi connectivity index (χ2n) is 22.8. The SMILES string of the molecule is COc1ccc(CN2CCN(C3CC4(CCN(c5ccc(C(=O)NS(=O)(=O)c6cnc(NCC7CCC(C)(O)CC7)c([N+](=O)[O-])c6)c(Oc6cc7c(F)c[nH]c7nc6OC)c5)C5CC54)C3)[C@H](c3ccccc3C(C)C)C2)cc1. The Bertz CT molecular complexity index is 3340. The average Bonchev–Trinajstić information content (AvgIpc) is 4.34. The fraction of sp³-hybridized carbons (Fsp3) is 0.466. The zero-order chi connectivity index (χ0) is 54.7. The lowest BCUT2D eigenvalue weighted by Gasteiger charge is -2.58. The number of nitrogens with zero attached hydrogens (tertiary/aromatic N) is 6. The second-order valence-corrected chi connectivity index (χ2v) is 24.4. The number of halogens is 1. The molecule has 5 heterocycles. The van der Waals surface area contributed by atoms with Crippen molar-refractivity contribution in [3.05, 3.63) is 129 Å². The molecular weight excluding hydrogens is 1020 g/mol. The van der Waals surface area contributed by atoms with Gasteiger partial charge in [-0.25, -0.2) is 22.5 Å². The fourth-order valence-electron chi connectivity index (χ4n) is 13.0. The van der Waals surface area contributed by atoms with Gasteiger partial charge in [-0.3, -0.25) is 24.7 Å². The first-order valence-electron chi connectivity index (χ1n) is 27.1. The van der Waals surface area contributed by atoms with E-state index in [9.17, 15) is 32.8 Å². The Morgan fingerprint density at radius 2 is 1.76 bits per heavy atom. The van der Waals surface area contributed by atoms with Gasteiger partial charge in [0.05, 0.1) is 41.9 Å². The molecule has 0 radical (unpaired) electrons. The first-order chi connectivity index (χ1) is 37.4. The molecule has 2 unspecified atom stereocenters. The van der Waals surface area contributed by atoms with E-state index >= 15 is 0 Å². The van der Waals surface area contributed by atoms with Gasteiger partial charge in [0.15, 0.2) is 5.75 Å². The number of ether oxygens (including phenoxy) is 3. The number of nitro groups is 1. The standard InChI is InChI=1S/C58H68FN9O9S/c1-35(2)42-8-6-7-9-43(42)50-34-65(33-37-10-13-40(75-4)14-11-37)22-23-67(50)39-28-58(29-39)20-21-66(48-27-46(48)58)38-12-15-44(51(24-38)77-52-26-45-47(59)32-62-53(45)63-56(52)76-5)55(69)64-78(73,74)41-25-49(68(71)72)54(61-31-41)60-30-36-16-18-57(3,70)19-17-36/h6-15,24-26,31-32,35-36,39,46,48,50,70H,16-23,27-30,33-34H2,1-5H3,(H,60,61)(H,62,63)(H,64,69)/t36?,39?,46?,48?,50-,57?,58?/m0/s1. The summed E-state index contributed by atoms with van der Waals surface area (Å²) in [4.78, 5) is 44.2. The van der Waals surface area contributed by atoms with Crippen molar-refractivity contribution in [2.75, 3.05) is 57.2 Å². The van der Waals surface area contributed by atoms with Crippen LogP contribution in [0.3, 0.4) is 0 Å². The van der Waals surface area contributed by atoms with Crippen molar-refractivity contribution in [1.29, 1.82) is 0 Å². The number of aromatic amines is 1. The van der Waals surface area contributed by atoms with Crippen molar-refractivity contribution in [3.8, 4) is 23.1 Å². The van der Waals surface area contributed by atoms with E-state index < -0.39 is 42.9 Å². The minimum atomic E-state index is -4.75. The van der Waals surface area contributed by atoms with E-state index in [4.69, 9.17) is 14.2 Å². The summed E-state index contributed by atoms with van der Waals surface area (Å²) in [5, 5.41) is 25.7. The molecule has 3 aromatic heterocycles. The maximum Gasteiger partial charge on any atom is 0.312 e. The lowest BCUT2D eigenvalue weighted by atomic mass is 9.58. The van der Waals surface area contributed by atoms with Crippen LogP contribution in [-0.4, -0.2) is 114 Å². The molecule has 4 N–H and O–H groups in total. The van der Waals surface area contributed by atoms with Gasteiger partial charge in [-0.05, 0) is 122 Å². The van der Waals surface area contributed by atoms with Crippen LogP contribution < -0.4 is 29.1 Å². The highest BCUT2D eigenvalue weighted by Crippen LogP contribution is 2.65. The summed E-state index contributed by atoms with van der Waals surface area (Å²) in [6, 6.07) is 25.5. The molecule has 6 aromatic rings. The molecule has 412 valence electrons. The van der Waals surface area contributed by atoms with E-state index in [0.717, 1.165) is 88.3 Å². The Labute approximate surface area is 453 Å². The van der Waals surface area contributed by atoms with Crippen LogP contribution in [0.15, 0.2) is 96.2 Å². The van der Waals surface area contributed by atoms with Crippen molar-refractivity contribution in [1.82, 2.24) is 29.5 Å². The predicted octanol–water partition coefficient (Wildman–Crippen LogP) is 9.72. The highest BCUT2D eigenvalue weighted by Gasteiger charge is 2.63. The number of aliphatic hydroxyl groups is 1. The molecule has 18 nitrogen and oxygen atoms in total. The molecule has 3 atom stereocenters. The average molecular weight is 1090 g/mol. The number of amides is 1. The van der Waals surface area contributed by atoms with Gasteiger partial charge in [-0.2, -0.15) is 4.98 Å². The van der Waals surface area contributed by atoms with Crippen molar-refractivity contribution >= 4 is 44.2 Å². The van der Waals surface area contributed by atoms with Gasteiger partial charge in [0.1, 0.15) is 27.9 Å². The molecule has 3 saturated carbocycles. The number of aromatic nitrogens is 3. The van der Waals surface area contributed by atoms with E-state index in [1.807, 2.05) is 12.1 Å². The Morgan fingerprint density at radius 3 is 2.49 bits per heavy atom. The summed E-state index contributed by atoms with van der Waals surface area (Å²) in [6.45, 7) is 11.2. The summed E-state index contributed by atoms with van der Waals surface area (Å²) < 4.78 is 62.3. The molecule has 78 heavy (non-hydrogen) atoms. The minimum absolute atomic E-state index is 0.00790. The molecule has 1 amide bonds. The third kappa shape index (κ3) is 10.6. The molecule has 2 aliphatic heterocycles. The fourth-order valence-corrected chi connectivity index (χ4v) is 13.9. The molecule has 1 spiro atoms. The maximum atomic E-state index is 15.0. The number of anilines is 2. The number of H-pyrrole nitrogens is 1. The third-order valence-corrected chi connectivity index (χ3v) is 18.7. The molecule has 5 aliphatic rings. The number of pyridine rings is 2. The summed E-state index contributed by atoms with van der Waals surface area (Å²) in [6.07, 6.45) is 8.96. The number of hydrogen-bond donors (Lipinski definition) is 4. The number of rotatable bonds is 17. The molecule has 20 heteroatoms. The highest BCUT2D eigenvalue weighted by atomic mass is 32.2. The molecular formula is C58H68FN9O9S. The zero-order valence-electron chi connectivity index (χ0n) is 44.7. The van der Waals surface area contributed by atoms with E-state index in [2.05, 4.69) is 89.9 Å². The number of sulfonamides is 1. The number of fused-ring (bicyclic) bond motifs is 3. The Hall–Kier alpha value is -6.87. The third-order valence-electron chi connectivity index (χ3n) is 17.4. The number of piperazine rings is 1. The van der Waals surface area contributed by atoms with Crippen molar-refractivity contribution in [2.45, 2.75) is 113 Å². The van der Waals surface area contributed by atoms with Crippen molar-refractivity contribution < 1.29 is 41.8 Å². The van der Waals surface area contributed by atoms with Gasteiger partial charge in [0.2, 0.25) is 5.82 Å². The maximum absolute atomic E-state index is 15.0. The number of carbonyl (C=O) groups excluding carboxylic acids is 1. The normalized spacial score (nSPS) is 25.3. The predicted molar refractivity (Wildman–Crippen MR) is 293 cm³/mol. The number of carbonyl (C=O) groups is 1. The molecule has 5 fully saturated rings. The van der Waals surface area contributed by atoms with Crippen LogP contribution >= 0.6 is 0 Å². The lowest BCUT2D eigenvalue weighted by Crippen LogP contribution is -2.60. The minimum Gasteiger partial charge on any atom is -0.497 e. The van der Waals surface area contributed by atoms with Crippen LogP contribution in [-0.2, 0) is 16.6 Å². The van der Waals surface area contributed by atoms with E-state index in [-0.39, 0.29) is 63.2 Å².